The molecule has 16 nitrogen and oxygen atoms in total. The Balaban J connectivity index is 0.00000312. The Bertz CT molecular complexity index is 2400. The van der Waals surface area contributed by atoms with Gasteiger partial charge in [-0.25, -0.2) is 9.59 Å². The maximum Gasteiger partial charge on any atom is 0.335 e. The third-order valence-corrected chi connectivity index (χ3v) is 8.25. The van der Waals surface area contributed by atoms with Crippen LogP contribution in [0.5, 0.6) is 5.75 Å². The summed E-state index contributed by atoms with van der Waals surface area (Å²) >= 11 is 0. The summed E-state index contributed by atoms with van der Waals surface area (Å²) in [7, 11) is -9.68. The molecule has 0 aromatic heterocycles. The number of carboxylic acid groups (broad SMARTS) is 2. The molecule has 0 amide bonds. The zero-order valence-corrected chi connectivity index (χ0v) is 36.4. The van der Waals surface area contributed by atoms with Crippen LogP contribution in [-0.2, 0) is 20.2 Å². The molecule has 5 aromatic rings. The normalized spacial score (nSPS) is 11.4. The molecular weight excluding hydrogens is 738 g/mol. The molecule has 0 aliphatic rings. The summed E-state index contributed by atoms with van der Waals surface area (Å²) in [6.07, 6.45) is 0. The molecule has 0 fully saturated rings. The van der Waals surface area contributed by atoms with E-state index in [9.17, 15) is 50.8 Å². The third kappa shape index (κ3) is 10.4. The van der Waals surface area contributed by atoms with E-state index in [-0.39, 0.29) is 174 Å². The number of aromatic hydroxyl groups is 1. The number of aromatic carboxylic acids is 2. The van der Waals surface area contributed by atoms with E-state index < -0.39 is 53.4 Å². The van der Waals surface area contributed by atoms with Crippen LogP contribution >= 0.6 is 0 Å². The van der Waals surface area contributed by atoms with Gasteiger partial charge in [-0.2, -0.15) is 21.9 Å². The number of benzene rings is 5. The summed E-state index contributed by atoms with van der Waals surface area (Å²) in [6, 6.07) is 14.2. The van der Waals surface area contributed by atoms with E-state index in [1.165, 1.54) is 36.4 Å². The van der Waals surface area contributed by atoms with Crippen molar-refractivity contribution < 1.29 is 50.8 Å². The van der Waals surface area contributed by atoms with Crippen molar-refractivity contribution in [2.24, 2.45) is 20.5 Å². The molecule has 238 valence electrons. The Morgan fingerprint density at radius 1 is 0.600 bits per heavy atom. The van der Waals surface area contributed by atoms with Crippen LogP contribution in [-0.4, -0.2) is 171 Å². The second-order valence-electron chi connectivity index (χ2n) is 9.59. The van der Waals surface area contributed by atoms with Gasteiger partial charge in [-0.1, -0.05) is 12.1 Å². The zero-order chi connectivity index (χ0) is 33.6. The maximum atomic E-state index is 12.2. The number of hydrogen-bond donors (Lipinski definition) is 6. The van der Waals surface area contributed by atoms with E-state index in [0.29, 0.717) is 0 Å². The van der Waals surface area contributed by atoms with E-state index in [1.807, 2.05) is 0 Å². The fourth-order valence-electron chi connectivity index (χ4n) is 4.41. The molecule has 7 N–H and O–H groups in total. The number of nitrogens with two attached hydrogens (primary N) is 1. The maximum absolute atomic E-state index is 12.2. The summed E-state index contributed by atoms with van der Waals surface area (Å²) in [4.78, 5) is 21.5. The van der Waals surface area contributed by atoms with Crippen molar-refractivity contribution in [2.75, 3.05) is 5.73 Å². The molecule has 0 saturated heterocycles. The summed E-state index contributed by atoms with van der Waals surface area (Å²) in [5.74, 6) is -3.50. The van der Waals surface area contributed by atoms with Crippen LogP contribution in [0.15, 0.2) is 103 Å². The standard InChI is InChI=1S/C28H19N5O11S2.4Na/c29-16-2-1-13-10-24(46(42,43)44)25(26(34)20(13)11-16)33-32-23-6-5-22(19-4-3-18(12-21(19)23)45(39,40)41)31-30-17-8-14(27(35)36)7-15(9-17)28(37)38;;;;/h1-12,34H,29H2,(H,35,36)(H,37,38)(H,39,40,41)(H,42,43,44);;;;. The first-order valence-electron chi connectivity index (χ1n) is 12.5. The van der Waals surface area contributed by atoms with Crippen LogP contribution in [0.2, 0.25) is 0 Å². The van der Waals surface area contributed by atoms with Crippen molar-refractivity contribution >= 4 is 200 Å². The Morgan fingerprint density at radius 3 is 1.70 bits per heavy atom. The molecule has 0 aliphatic heterocycles. The number of carbonyl (C=O) groups is 2. The quantitative estimate of drug-likeness (QED) is 0.0553. The van der Waals surface area contributed by atoms with Gasteiger partial charge >= 0.3 is 11.9 Å². The Morgan fingerprint density at radius 2 is 1.16 bits per heavy atom. The number of hydrogen-bond acceptors (Lipinski definition) is 12. The number of carboxylic acids is 2. The van der Waals surface area contributed by atoms with E-state index in [1.54, 1.807) is 0 Å². The predicted molar refractivity (Wildman–Crippen MR) is 185 cm³/mol. The number of rotatable bonds is 8. The summed E-state index contributed by atoms with van der Waals surface area (Å²) in [5, 5.41) is 45.8. The van der Waals surface area contributed by atoms with Crippen molar-refractivity contribution in [3.05, 3.63) is 83.9 Å². The second kappa shape index (κ2) is 18.3. The summed E-state index contributed by atoms with van der Waals surface area (Å²) < 4.78 is 67.7. The van der Waals surface area contributed by atoms with E-state index in [4.69, 9.17) is 5.73 Å². The molecule has 5 rings (SSSR count). The van der Waals surface area contributed by atoms with Crippen LogP contribution in [0.4, 0.5) is 28.4 Å². The van der Waals surface area contributed by atoms with Crippen molar-refractivity contribution in [1.29, 1.82) is 0 Å². The van der Waals surface area contributed by atoms with Gasteiger partial charge in [-0.15, -0.1) is 15.3 Å². The third-order valence-electron chi connectivity index (χ3n) is 6.54. The Labute approximate surface area is 371 Å². The molecule has 0 atom stereocenters. The van der Waals surface area contributed by atoms with Crippen LogP contribution in [0, 0.1) is 0 Å². The van der Waals surface area contributed by atoms with Gasteiger partial charge < -0.3 is 21.1 Å². The minimum atomic E-state index is -4.95. The number of azo groups is 2. The van der Waals surface area contributed by atoms with E-state index in [2.05, 4.69) is 20.5 Å². The van der Waals surface area contributed by atoms with Gasteiger partial charge in [0.05, 0.1) is 33.1 Å². The van der Waals surface area contributed by atoms with Crippen molar-refractivity contribution in [1.82, 2.24) is 0 Å². The van der Waals surface area contributed by atoms with Gasteiger partial charge in [-0.05, 0) is 66.0 Å². The first-order valence-corrected chi connectivity index (χ1v) is 15.4. The second-order valence-corrected chi connectivity index (χ2v) is 12.4. The molecule has 0 saturated carbocycles. The smallest absolute Gasteiger partial charge is 0.335 e. The minimum Gasteiger partial charge on any atom is -0.505 e. The number of nitrogens with zero attached hydrogens (tertiary/aromatic N) is 4. The Kier molecular flexibility index (Phi) is 16.9. The van der Waals surface area contributed by atoms with E-state index >= 15 is 0 Å². The van der Waals surface area contributed by atoms with Gasteiger partial charge in [0.2, 0.25) is 0 Å². The van der Waals surface area contributed by atoms with Crippen molar-refractivity contribution in [2.45, 2.75) is 9.79 Å². The molecular formula is C28H19N5Na4O11S2. The van der Waals surface area contributed by atoms with Crippen LogP contribution < -0.4 is 5.73 Å². The first-order chi connectivity index (χ1) is 21.5. The number of fused-ring (bicyclic) bond motifs is 2. The minimum absolute atomic E-state index is 0. The van der Waals surface area contributed by atoms with Gasteiger partial charge in [0, 0.05) is 140 Å². The van der Waals surface area contributed by atoms with Gasteiger partial charge in [0.25, 0.3) is 20.2 Å². The van der Waals surface area contributed by atoms with Gasteiger partial charge in [-0.3, -0.25) is 9.11 Å². The summed E-state index contributed by atoms with van der Waals surface area (Å²) in [5.41, 5.74) is 4.44. The number of phenols is 1. The first kappa shape index (κ1) is 46.2. The fourth-order valence-corrected chi connectivity index (χ4v) is 5.58. The number of phenolic OH excluding ortho intramolecular Hbond substituents is 1. The molecule has 22 heteroatoms. The molecule has 0 unspecified atom stereocenters. The van der Waals surface area contributed by atoms with E-state index in [0.717, 1.165) is 36.4 Å². The number of anilines is 1. The largest absolute Gasteiger partial charge is 0.505 e. The molecule has 5 aromatic carbocycles. The fraction of sp³-hybridized carbons (Fsp3) is 0. The van der Waals surface area contributed by atoms with Gasteiger partial charge in [0.15, 0.2) is 5.75 Å². The topological polar surface area (TPSA) is 279 Å². The monoisotopic (exact) mass is 757 g/mol. The van der Waals surface area contributed by atoms with Crippen molar-refractivity contribution in [3.8, 4) is 5.75 Å². The molecule has 4 radical (unpaired) electrons. The predicted octanol–water partition coefficient (Wildman–Crippen LogP) is 4.48. The van der Waals surface area contributed by atoms with Crippen molar-refractivity contribution in [3.63, 3.8) is 0 Å². The van der Waals surface area contributed by atoms with Crippen LogP contribution in [0.1, 0.15) is 20.7 Å². The van der Waals surface area contributed by atoms with Crippen LogP contribution in [0.3, 0.4) is 0 Å². The summed E-state index contributed by atoms with van der Waals surface area (Å²) in [6.45, 7) is 0. The molecule has 0 spiro atoms. The van der Waals surface area contributed by atoms with Gasteiger partial charge in [0.1, 0.15) is 10.6 Å². The molecule has 0 bridgehead atoms. The SMILES string of the molecule is Nc1ccc2cc(S(=O)(=O)O)c(N=Nc3ccc(N=Nc4cc(C(=O)O)cc(C(=O)O)c4)c4ccc(S(=O)(=O)O)cc34)c(O)c2c1.[Na].[Na].[Na].[Na]. The zero-order valence-electron chi connectivity index (χ0n) is 26.8. The average Bonchev–Trinajstić information content (AvgIpc) is 2.98. The van der Waals surface area contributed by atoms with Crippen LogP contribution in [0.25, 0.3) is 21.5 Å². The Hall–Kier alpha value is -1.82. The number of nitrogen functional groups attached to an aromatic ring is 1. The average molecular weight is 758 g/mol. The molecule has 0 heterocycles. The molecule has 0 aliphatic carbocycles. The molecule has 50 heavy (non-hydrogen) atoms.